The number of amides is 1. The number of carboxylic acid groups (broad SMARTS) is 1. The minimum Gasteiger partial charge on any atom is -0.481 e. The van der Waals surface area contributed by atoms with Gasteiger partial charge in [-0.2, -0.15) is 0 Å². The zero-order chi connectivity index (χ0) is 16.1. The Morgan fingerprint density at radius 2 is 1.82 bits per heavy atom. The van der Waals surface area contributed by atoms with Crippen molar-refractivity contribution >= 4 is 17.4 Å². The summed E-state index contributed by atoms with van der Waals surface area (Å²) in [5, 5.41) is 9.00. The van der Waals surface area contributed by atoms with E-state index in [1.165, 1.54) is 5.56 Å². The normalized spacial score (nSPS) is 16.6. The molecule has 0 bridgehead atoms. The average Bonchev–Trinajstić information content (AvgIpc) is 2.53. The molecule has 0 saturated carbocycles. The van der Waals surface area contributed by atoms with Crippen LogP contribution < -0.4 is 0 Å². The van der Waals surface area contributed by atoms with Gasteiger partial charge < -0.3 is 10.0 Å². The van der Waals surface area contributed by atoms with Gasteiger partial charge in [0.2, 0.25) is 5.91 Å². The zero-order valence-electron chi connectivity index (χ0n) is 13.2. The Morgan fingerprint density at radius 3 is 2.32 bits per heavy atom. The molecule has 1 aliphatic rings. The summed E-state index contributed by atoms with van der Waals surface area (Å²) in [4.78, 5) is 25.1. The molecule has 0 radical (unpaired) electrons. The number of aryl methyl sites for hydroxylation is 1. The summed E-state index contributed by atoms with van der Waals surface area (Å²) >= 11 is 0. The minimum atomic E-state index is -0.753. The van der Waals surface area contributed by atoms with Crippen LogP contribution in [0.25, 0.3) is 5.57 Å². The van der Waals surface area contributed by atoms with Crippen molar-refractivity contribution in [3.8, 4) is 0 Å². The number of hydrogen-bond donors (Lipinski definition) is 1. The van der Waals surface area contributed by atoms with Gasteiger partial charge in [0.15, 0.2) is 0 Å². The Labute approximate surface area is 131 Å². The molecule has 1 saturated heterocycles. The third-order valence-electron chi connectivity index (χ3n) is 4.26. The quantitative estimate of drug-likeness (QED) is 0.869. The van der Waals surface area contributed by atoms with Crippen LogP contribution in [-0.2, 0) is 9.59 Å². The van der Waals surface area contributed by atoms with E-state index in [-0.39, 0.29) is 11.8 Å². The van der Waals surface area contributed by atoms with Crippen molar-refractivity contribution in [3.05, 3.63) is 41.5 Å². The van der Waals surface area contributed by atoms with Crippen LogP contribution in [0.2, 0.25) is 0 Å². The molecule has 1 heterocycles. The van der Waals surface area contributed by atoms with E-state index in [0.29, 0.717) is 25.9 Å². The van der Waals surface area contributed by atoms with Crippen molar-refractivity contribution in [1.29, 1.82) is 0 Å². The molecule has 1 fully saturated rings. The highest BCUT2D eigenvalue weighted by Gasteiger charge is 2.26. The van der Waals surface area contributed by atoms with Crippen LogP contribution in [0.1, 0.15) is 37.3 Å². The summed E-state index contributed by atoms with van der Waals surface area (Å²) in [6.07, 6.45) is 3.58. The summed E-state index contributed by atoms with van der Waals surface area (Å²) in [7, 11) is 0. The average molecular weight is 301 g/mol. The summed E-state index contributed by atoms with van der Waals surface area (Å²) < 4.78 is 0. The molecule has 4 nitrogen and oxygen atoms in total. The Hall–Kier alpha value is -2.10. The van der Waals surface area contributed by atoms with Crippen molar-refractivity contribution in [2.75, 3.05) is 13.1 Å². The molecule has 0 unspecified atom stereocenters. The second-order valence-electron chi connectivity index (χ2n) is 5.83. The smallest absolute Gasteiger partial charge is 0.306 e. The van der Waals surface area contributed by atoms with Gasteiger partial charge in [-0.15, -0.1) is 0 Å². The molecule has 0 aromatic heterocycles. The Kier molecular flexibility index (Phi) is 5.36. The van der Waals surface area contributed by atoms with Crippen molar-refractivity contribution in [2.45, 2.75) is 33.1 Å². The lowest BCUT2D eigenvalue weighted by molar-refractivity contribution is -0.144. The molecule has 4 heteroatoms. The van der Waals surface area contributed by atoms with Gasteiger partial charge in [0.05, 0.1) is 5.92 Å². The van der Waals surface area contributed by atoms with Gasteiger partial charge in [-0.25, -0.2) is 0 Å². The molecule has 22 heavy (non-hydrogen) atoms. The number of carboxylic acids is 1. The highest BCUT2D eigenvalue weighted by atomic mass is 16.4. The Morgan fingerprint density at radius 1 is 1.23 bits per heavy atom. The van der Waals surface area contributed by atoms with Gasteiger partial charge in [-0.3, -0.25) is 9.59 Å². The number of piperidine rings is 1. The molecule has 1 aromatic carbocycles. The Bertz CT molecular complexity index is 566. The number of likely N-dealkylation sites (tertiary alicyclic amines) is 1. The number of aliphatic carboxylic acids is 1. The zero-order valence-corrected chi connectivity index (χ0v) is 13.2. The molecule has 2 rings (SSSR count). The third kappa shape index (κ3) is 3.97. The minimum absolute atomic E-state index is 0.0127. The number of hydrogen-bond acceptors (Lipinski definition) is 2. The molecule has 1 N–H and O–H groups in total. The molecule has 0 spiro atoms. The number of benzene rings is 1. The molecule has 1 amide bonds. The third-order valence-corrected chi connectivity index (χ3v) is 4.26. The largest absolute Gasteiger partial charge is 0.481 e. The van der Waals surface area contributed by atoms with Gasteiger partial charge in [0, 0.05) is 19.2 Å². The first-order chi connectivity index (χ1) is 10.5. The second kappa shape index (κ2) is 7.25. The second-order valence-corrected chi connectivity index (χ2v) is 5.83. The topological polar surface area (TPSA) is 57.6 Å². The lowest BCUT2D eigenvalue weighted by Crippen LogP contribution is -2.39. The molecule has 0 atom stereocenters. The highest BCUT2D eigenvalue weighted by molar-refractivity contribution is 5.95. The van der Waals surface area contributed by atoms with Crippen LogP contribution in [-0.4, -0.2) is 35.0 Å². The first kappa shape index (κ1) is 16.3. The number of nitrogens with zero attached hydrogens (tertiary/aromatic N) is 1. The molecule has 118 valence electrons. The van der Waals surface area contributed by atoms with Gasteiger partial charge in [-0.1, -0.05) is 36.8 Å². The van der Waals surface area contributed by atoms with Crippen LogP contribution >= 0.6 is 0 Å². The van der Waals surface area contributed by atoms with Gasteiger partial charge in [0.25, 0.3) is 0 Å². The van der Waals surface area contributed by atoms with Gasteiger partial charge in [0.1, 0.15) is 0 Å². The van der Waals surface area contributed by atoms with Crippen molar-refractivity contribution < 1.29 is 14.7 Å². The van der Waals surface area contributed by atoms with E-state index in [4.69, 9.17) is 5.11 Å². The predicted molar refractivity (Wildman–Crippen MR) is 86.4 cm³/mol. The standard InChI is InChI=1S/C18H23NO3/c1-3-14(15-6-4-13(2)5-7-15)12-17(20)19-10-8-16(9-11-19)18(21)22/h4-7,12,16H,3,8-11H2,1-2H3,(H,21,22)/b14-12+. The van der Waals surface area contributed by atoms with Crippen LogP contribution in [0.3, 0.4) is 0 Å². The number of allylic oxidation sites excluding steroid dienone is 1. The maximum Gasteiger partial charge on any atom is 0.306 e. The fourth-order valence-electron chi connectivity index (χ4n) is 2.74. The monoisotopic (exact) mass is 301 g/mol. The van der Waals surface area contributed by atoms with Gasteiger partial charge >= 0.3 is 5.97 Å². The fourth-order valence-corrected chi connectivity index (χ4v) is 2.74. The molecule has 1 aromatic rings. The number of rotatable bonds is 4. The molecule has 0 aliphatic carbocycles. The SMILES string of the molecule is CC/C(=C\C(=O)N1CCC(C(=O)O)CC1)c1ccc(C)cc1. The van der Waals surface area contributed by atoms with Crippen LogP contribution in [0.15, 0.2) is 30.3 Å². The van der Waals surface area contributed by atoms with E-state index >= 15 is 0 Å². The maximum atomic E-state index is 12.4. The lowest BCUT2D eigenvalue weighted by atomic mass is 9.96. The molecule has 1 aliphatic heterocycles. The van der Waals surface area contributed by atoms with Gasteiger partial charge in [-0.05, 0) is 37.3 Å². The first-order valence-electron chi connectivity index (χ1n) is 7.80. The predicted octanol–water partition coefficient (Wildman–Crippen LogP) is 3.11. The lowest BCUT2D eigenvalue weighted by Gasteiger charge is -2.29. The first-order valence-corrected chi connectivity index (χ1v) is 7.80. The van der Waals surface area contributed by atoms with Crippen molar-refractivity contribution in [2.24, 2.45) is 5.92 Å². The van der Waals surface area contributed by atoms with E-state index in [1.807, 2.05) is 38.1 Å². The van der Waals surface area contributed by atoms with E-state index in [1.54, 1.807) is 11.0 Å². The van der Waals surface area contributed by atoms with E-state index in [9.17, 15) is 9.59 Å². The number of carbonyl (C=O) groups is 2. The summed E-state index contributed by atoms with van der Waals surface area (Å²) in [6.45, 7) is 5.13. The van der Waals surface area contributed by atoms with Crippen LogP contribution in [0.4, 0.5) is 0 Å². The van der Waals surface area contributed by atoms with E-state index in [0.717, 1.165) is 17.6 Å². The summed E-state index contributed by atoms with van der Waals surface area (Å²) in [5.41, 5.74) is 3.29. The van der Waals surface area contributed by atoms with Crippen molar-refractivity contribution in [3.63, 3.8) is 0 Å². The maximum absolute atomic E-state index is 12.4. The summed E-state index contributed by atoms with van der Waals surface area (Å²) in [6, 6.07) is 8.16. The number of carbonyl (C=O) groups excluding carboxylic acids is 1. The molecular weight excluding hydrogens is 278 g/mol. The fraction of sp³-hybridized carbons (Fsp3) is 0.444. The van der Waals surface area contributed by atoms with Crippen LogP contribution in [0.5, 0.6) is 0 Å². The van der Waals surface area contributed by atoms with E-state index in [2.05, 4.69) is 0 Å². The highest BCUT2D eigenvalue weighted by Crippen LogP contribution is 2.21. The Balaban J connectivity index is 2.05. The van der Waals surface area contributed by atoms with Crippen molar-refractivity contribution in [1.82, 2.24) is 4.90 Å². The molecular formula is C18H23NO3. The van der Waals surface area contributed by atoms with Crippen LogP contribution in [0, 0.1) is 12.8 Å². The van der Waals surface area contributed by atoms with E-state index < -0.39 is 5.97 Å². The summed E-state index contributed by atoms with van der Waals surface area (Å²) in [5.74, 6) is -1.08.